The van der Waals surface area contributed by atoms with Crippen LogP contribution in [0.3, 0.4) is 0 Å². The van der Waals surface area contributed by atoms with Crippen LogP contribution >= 0.6 is 0 Å². The van der Waals surface area contributed by atoms with Gasteiger partial charge in [0.05, 0.1) is 12.3 Å². The van der Waals surface area contributed by atoms with Crippen molar-refractivity contribution in [3.63, 3.8) is 0 Å². The molecule has 2 aromatic rings. The molecule has 0 spiro atoms. The fourth-order valence-corrected chi connectivity index (χ4v) is 1.51. The third-order valence-corrected chi connectivity index (χ3v) is 2.32. The maximum atomic E-state index is 12.0. The van der Waals surface area contributed by atoms with E-state index in [9.17, 15) is 13.2 Å². The molecule has 2 N–H and O–H groups in total. The minimum Gasteiger partial charge on any atom is -0.467 e. The van der Waals surface area contributed by atoms with Crippen LogP contribution in [0.4, 0.5) is 13.2 Å². The molecule has 96 valence electrons. The number of rotatable bonds is 3. The van der Waals surface area contributed by atoms with Crippen molar-refractivity contribution in [1.29, 1.82) is 0 Å². The Kier molecular flexibility index (Phi) is 3.29. The zero-order valence-corrected chi connectivity index (χ0v) is 9.15. The molecule has 0 saturated heterocycles. The summed E-state index contributed by atoms with van der Waals surface area (Å²) in [5.41, 5.74) is 6.52. The first-order valence-corrected chi connectivity index (χ1v) is 5.10. The van der Waals surface area contributed by atoms with E-state index in [0.717, 1.165) is 0 Å². The Morgan fingerprint density at radius 1 is 1.11 bits per heavy atom. The van der Waals surface area contributed by atoms with Crippen molar-refractivity contribution in [3.05, 3.63) is 54.0 Å². The van der Waals surface area contributed by atoms with Gasteiger partial charge in [0.15, 0.2) is 0 Å². The molecule has 6 heteroatoms. The van der Waals surface area contributed by atoms with Crippen molar-refractivity contribution < 1.29 is 22.3 Å². The largest absolute Gasteiger partial charge is 0.573 e. The minimum atomic E-state index is -4.69. The van der Waals surface area contributed by atoms with Crippen molar-refractivity contribution in [1.82, 2.24) is 0 Å². The van der Waals surface area contributed by atoms with Gasteiger partial charge in [-0.3, -0.25) is 0 Å². The lowest BCUT2D eigenvalue weighted by Gasteiger charge is -2.11. The van der Waals surface area contributed by atoms with Gasteiger partial charge in [0.25, 0.3) is 0 Å². The average Bonchev–Trinajstić information content (AvgIpc) is 2.80. The summed E-state index contributed by atoms with van der Waals surface area (Å²) in [6, 6.07) is 8.24. The van der Waals surface area contributed by atoms with Gasteiger partial charge in [-0.1, -0.05) is 12.1 Å². The van der Waals surface area contributed by atoms with Crippen molar-refractivity contribution in [3.8, 4) is 5.75 Å². The van der Waals surface area contributed by atoms with Gasteiger partial charge in [0.2, 0.25) is 0 Å². The van der Waals surface area contributed by atoms with Crippen LogP contribution in [-0.2, 0) is 0 Å². The molecule has 0 fully saturated rings. The number of alkyl halides is 3. The van der Waals surface area contributed by atoms with Crippen LogP contribution in [0.25, 0.3) is 0 Å². The Hall–Kier alpha value is -1.95. The predicted octanol–water partition coefficient (Wildman–Crippen LogP) is 3.23. The highest BCUT2D eigenvalue weighted by atomic mass is 19.4. The summed E-state index contributed by atoms with van der Waals surface area (Å²) in [5, 5.41) is 0. The van der Waals surface area contributed by atoms with Gasteiger partial charge < -0.3 is 14.9 Å². The fourth-order valence-electron chi connectivity index (χ4n) is 1.51. The zero-order chi connectivity index (χ0) is 13.2. The van der Waals surface area contributed by atoms with Crippen molar-refractivity contribution in [2.75, 3.05) is 0 Å². The monoisotopic (exact) mass is 257 g/mol. The highest BCUT2D eigenvalue weighted by Crippen LogP contribution is 2.25. The molecule has 1 atom stereocenters. The first-order valence-electron chi connectivity index (χ1n) is 5.10. The van der Waals surface area contributed by atoms with Gasteiger partial charge in [-0.2, -0.15) is 0 Å². The standard InChI is InChI=1S/C12H10F3NO2/c13-12(14,15)18-9-5-3-8(4-6-9)11(16)10-2-1-7-17-10/h1-7,11H,16H2. The number of nitrogens with two attached hydrogens (primary N) is 1. The minimum absolute atomic E-state index is 0.280. The first-order chi connectivity index (χ1) is 8.46. The van der Waals surface area contributed by atoms with Gasteiger partial charge in [-0.05, 0) is 29.8 Å². The van der Waals surface area contributed by atoms with Crippen molar-refractivity contribution in [2.45, 2.75) is 12.4 Å². The number of furan rings is 1. The summed E-state index contributed by atoms with van der Waals surface area (Å²) < 4.78 is 44.8. The molecular weight excluding hydrogens is 247 g/mol. The second-order valence-corrected chi connectivity index (χ2v) is 3.61. The fraction of sp³-hybridized carbons (Fsp3) is 0.167. The molecule has 1 unspecified atom stereocenters. The van der Waals surface area contributed by atoms with Gasteiger partial charge in [-0.25, -0.2) is 0 Å². The Balaban J connectivity index is 2.13. The van der Waals surface area contributed by atoms with E-state index < -0.39 is 12.4 Å². The first kappa shape index (κ1) is 12.5. The van der Waals surface area contributed by atoms with Gasteiger partial charge in [-0.15, -0.1) is 13.2 Å². The maximum absolute atomic E-state index is 12.0. The Morgan fingerprint density at radius 2 is 1.78 bits per heavy atom. The van der Waals surface area contributed by atoms with E-state index in [1.165, 1.54) is 30.5 Å². The van der Waals surface area contributed by atoms with E-state index in [1.807, 2.05) is 0 Å². The SMILES string of the molecule is NC(c1ccc(OC(F)(F)F)cc1)c1ccco1. The summed E-state index contributed by atoms with van der Waals surface area (Å²) in [4.78, 5) is 0. The molecule has 0 saturated carbocycles. The van der Waals surface area contributed by atoms with E-state index >= 15 is 0 Å². The van der Waals surface area contributed by atoms with Crippen molar-refractivity contribution >= 4 is 0 Å². The highest BCUT2D eigenvalue weighted by Gasteiger charge is 2.31. The van der Waals surface area contributed by atoms with Crippen LogP contribution in [0.5, 0.6) is 5.75 Å². The molecule has 2 rings (SSSR count). The lowest BCUT2D eigenvalue weighted by Crippen LogP contribution is -2.17. The summed E-state index contributed by atoms with van der Waals surface area (Å²) >= 11 is 0. The molecule has 1 heterocycles. The topological polar surface area (TPSA) is 48.4 Å². The van der Waals surface area contributed by atoms with Gasteiger partial charge in [0, 0.05) is 0 Å². The quantitative estimate of drug-likeness (QED) is 0.918. The molecule has 0 radical (unpaired) electrons. The second kappa shape index (κ2) is 4.73. The molecular formula is C12H10F3NO2. The zero-order valence-electron chi connectivity index (χ0n) is 9.15. The smallest absolute Gasteiger partial charge is 0.467 e. The van der Waals surface area contributed by atoms with Crippen LogP contribution in [0.15, 0.2) is 47.1 Å². The second-order valence-electron chi connectivity index (χ2n) is 3.61. The molecule has 0 aliphatic carbocycles. The van der Waals surface area contributed by atoms with Gasteiger partial charge in [0.1, 0.15) is 11.5 Å². The molecule has 1 aromatic carbocycles. The number of halogens is 3. The van der Waals surface area contributed by atoms with Gasteiger partial charge >= 0.3 is 6.36 Å². The Labute approximate surface area is 101 Å². The molecule has 0 bridgehead atoms. The van der Waals surface area contributed by atoms with E-state index in [0.29, 0.717) is 11.3 Å². The molecule has 0 aliphatic rings. The van der Waals surface area contributed by atoms with Crippen LogP contribution < -0.4 is 10.5 Å². The third kappa shape index (κ3) is 3.04. The third-order valence-electron chi connectivity index (χ3n) is 2.32. The van der Waals surface area contributed by atoms with Crippen LogP contribution in [0.1, 0.15) is 17.4 Å². The average molecular weight is 257 g/mol. The molecule has 1 aromatic heterocycles. The molecule has 3 nitrogen and oxygen atoms in total. The van der Waals surface area contributed by atoms with Crippen LogP contribution in [-0.4, -0.2) is 6.36 Å². The number of hydrogen-bond donors (Lipinski definition) is 1. The predicted molar refractivity (Wildman–Crippen MR) is 57.9 cm³/mol. The maximum Gasteiger partial charge on any atom is 0.573 e. The molecule has 0 aliphatic heterocycles. The number of benzene rings is 1. The summed E-state index contributed by atoms with van der Waals surface area (Å²) in [6.07, 6.45) is -3.21. The van der Waals surface area contributed by atoms with Crippen LogP contribution in [0, 0.1) is 0 Å². The number of ether oxygens (including phenoxy) is 1. The summed E-state index contributed by atoms with van der Waals surface area (Å²) in [6.45, 7) is 0. The van der Waals surface area contributed by atoms with Crippen LogP contribution in [0.2, 0.25) is 0 Å². The molecule has 18 heavy (non-hydrogen) atoms. The highest BCUT2D eigenvalue weighted by molar-refractivity contribution is 5.32. The van der Waals surface area contributed by atoms with E-state index in [4.69, 9.17) is 10.2 Å². The molecule has 0 amide bonds. The van der Waals surface area contributed by atoms with E-state index in [1.54, 1.807) is 12.1 Å². The Morgan fingerprint density at radius 3 is 2.28 bits per heavy atom. The van der Waals surface area contributed by atoms with E-state index in [2.05, 4.69) is 4.74 Å². The lowest BCUT2D eigenvalue weighted by molar-refractivity contribution is -0.274. The normalized spacial score (nSPS) is 13.3. The van der Waals surface area contributed by atoms with E-state index in [-0.39, 0.29) is 5.75 Å². The number of hydrogen-bond acceptors (Lipinski definition) is 3. The summed E-state index contributed by atoms with van der Waals surface area (Å²) in [7, 11) is 0. The lowest BCUT2D eigenvalue weighted by atomic mass is 10.1. The summed E-state index contributed by atoms with van der Waals surface area (Å²) in [5.74, 6) is 0.261. The van der Waals surface area contributed by atoms with Crippen molar-refractivity contribution in [2.24, 2.45) is 5.73 Å². The Bertz CT molecular complexity index is 491.